The minimum Gasteiger partial charge on any atom is -0.495 e. The third kappa shape index (κ3) is 2.87. The van der Waals surface area contributed by atoms with Gasteiger partial charge in [0, 0.05) is 30.1 Å². The number of nitrogens with zero attached hydrogens (tertiary/aromatic N) is 3. The van der Waals surface area contributed by atoms with E-state index in [1.54, 1.807) is 31.3 Å². The van der Waals surface area contributed by atoms with E-state index in [9.17, 15) is 4.79 Å². The molecule has 6 nitrogen and oxygen atoms in total. The predicted octanol–water partition coefficient (Wildman–Crippen LogP) is 3.32. The first-order valence-electron chi connectivity index (χ1n) is 7.86. The highest BCUT2D eigenvalue weighted by molar-refractivity contribution is 8.14. The SMILES string of the molecule is COc1ccccc1N1CCS/C1=N\C(=O)c1c[nH]c2ncccc12. The van der Waals surface area contributed by atoms with E-state index >= 15 is 0 Å². The smallest absolute Gasteiger partial charge is 0.281 e. The Kier molecular flexibility index (Phi) is 4.15. The molecule has 3 heterocycles. The van der Waals surface area contributed by atoms with Crippen LogP contribution in [0, 0.1) is 0 Å². The van der Waals surface area contributed by atoms with Gasteiger partial charge in [-0.05, 0) is 24.3 Å². The number of H-pyrrole nitrogens is 1. The van der Waals surface area contributed by atoms with Gasteiger partial charge in [0.05, 0.1) is 18.4 Å². The van der Waals surface area contributed by atoms with Crippen molar-refractivity contribution in [3.8, 4) is 5.75 Å². The lowest BCUT2D eigenvalue weighted by Gasteiger charge is -2.20. The van der Waals surface area contributed by atoms with Crippen molar-refractivity contribution in [3.05, 3.63) is 54.4 Å². The Labute approximate surface area is 148 Å². The fourth-order valence-corrected chi connectivity index (χ4v) is 3.80. The van der Waals surface area contributed by atoms with Gasteiger partial charge in [-0.3, -0.25) is 4.79 Å². The van der Waals surface area contributed by atoms with E-state index in [1.165, 1.54) is 0 Å². The number of methoxy groups -OCH3 is 1. The van der Waals surface area contributed by atoms with Crippen molar-refractivity contribution >= 4 is 39.6 Å². The standard InChI is InChI=1S/C18H16N4O2S/c1-24-15-7-3-2-6-14(15)22-9-10-25-18(22)21-17(23)13-11-20-16-12(13)5-4-8-19-16/h2-8,11H,9-10H2,1H3,(H,19,20)/b21-18-. The molecule has 0 radical (unpaired) electrons. The summed E-state index contributed by atoms with van der Waals surface area (Å²) in [6.07, 6.45) is 3.35. The van der Waals surface area contributed by atoms with E-state index in [-0.39, 0.29) is 5.91 Å². The molecule has 0 saturated carbocycles. The van der Waals surface area contributed by atoms with Crippen LogP contribution in [0.1, 0.15) is 10.4 Å². The monoisotopic (exact) mass is 352 g/mol. The molecule has 7 heteroatoms. The maximum absolute atomic E-state index is 12.7. The number of amidine groups is 1. The summed E-state index contributed by atoms with van der Waals surface area (Å²) in [7, 11) is 1.64. The molecule has 2 aromatic heterocycles. The van der Waals surface area contributed by atoms with Crippen LogP contribution >= 0.6 is 11.8 Å². The molecule has 25 heavy (non-hydrogen) atoms. The number of hydrogen-bond acceptors (Lipinski definition) is 4. The van der Waals surface area contributed by atoms with E-state index in [0.29, 0.717) is 16.4 Å². The van der Waals surface area contributed by atoms with Gasteiger partial charge in [0.2, 0.25) is 0 Å². The second-order valence-corrected chi connectivity index (χ2v) is 6.54. The molecule has 0 spiro atoms. The minimum atomic E-state index is -0.274. The van der Waals surface area contributed by atoms with E-state index in [2.05, 4.69) is 15.0 Å². The summed E-state index contributed by atoms with van der Waals surface area (Å²) in [6, 6.07) is 11.4. The Hall–Kier alpha value is -2.80. The first-order chi connectivity index (χ1) is 12.3. The third-order valence-corrected chi connectivity index (χ3v) is 4.99. The Morgan fingerprint density at radius 3 is 3.08 bits per heavy atom. The molecule has 126 valence electrons. The van der Waals surface area contributed by atoms with Crippen molar-refractivity contribution in [2.24, 2.45) is 4.99 Å². The molecule has 0 atom stereocenters. The highest BCUT2D eigenvalue weighted by Crippen LogP contribution is 2.33. The molecule has 1 N–H and O–H groups in total. The van der Waals surface area contributed by atoms with Crippen LogP contribution in [0.5, 0.6) is 5.75 Å². The van der Waals surface area contributed by atoms with Gasteiger partial charge in [-0.1, -0.05) is 23.9 Å². The largest absolute Gasteiger partial charge is 0.495 e. The molecule has 3 aromatic rings. The van der Waals surface area contributed by atoms with Gasteiger partial charge in [0.25, 0.3) is 5.91 Å². The van der Waals surface area contributed by atoms with Crippen molar-refractivity contribution in [1.29, 1.82) is 0 Å². The number of hydrogen-bond donors (Lipinski definition) is 1. The maximum atomic E-state index is 12.7. The van der Waals surface area contributed by atoms with E-state index < -0.39 is 0 Å². The van der Waals surface area contributed by atoms with Crippen molar-refractivity contribution in [2.75, 3.05) is 24.3 Å². The van der Waals surface area contributed by atoms with Gasteiger partial charge in [-0.25, -0.2) is 4.98 Å². The lowest BCUT2D eigenvalue weighted by Crippen LogP contribution is -2.25. The fraction of sp³-hybridized carbons (Fsp3) is 0.167. The van der Waals surface area contributed by atoms with Gasteiger partial charge in [-0.2, -0.15) is 4.99 Å². The van der Waals surface area contributed by atoms with Crippen molar-refractivity contribution in [3.63, 3.8) is 0 Å². The van der Waals surface area contributed by atoms with Crippen LogP contribution in [0.15, 0.2) is 53.8 Å². The lowest BCUT2D eigenvalue weighted by atomic mass is 10.2. The van der Waals surface area contributed by atoms with Gasteiger partial charge in [0.15, 0.2) is 5.17 Å². The number of pyridine rings is 1. The summed E-state index contributed by atoms with van der Waals surface area (Å²) in [5, 5.41) is 1.47. The van der Waals surface area contributed by atoms with Crippen LogP contribution in [-0.2, 0) is 0 Å². The van der Waals surface area contributed by atoms with Gasteiger partial charge in [-0.15, -0.1) is 0 Å². The zero-order chi connectivity index (χ0) is 17.2. The second kappa shape index (κ2) is 6.60. The number of aromatic nitrogens is 2. The molecule has 0 aliphatic carbocycles. The second-order valence-electron chi connectivity index (χ2n) is 5.47. The topological polar surface area (TPSA) is 70.6 Å². The summed E-state index contributed by atoms with van der Waals surface area (Å²) in [5.41, 5.74) is 2.14. The van der Waals surface area contributed by atoms with Crippen LogP contribution in [-0.4, -0.2) is 40.5 Å². The van der Waals surface area contributed by atoms with Crippen molar-refractivity contribution in [2.45, 2.75) is 0 Å². The average Bonchev–Trinajstić information content (AvgIpc) is 3.28. The Balaban J connectivity index is 1.69. The molecule has 1 amide bonds. The normalized spacial score (nSPS) is 15.9. The molecule has 0 bridgehead atoms. The predicted molar refractivity (Wildman–Crippen MR) is 101 cm³/mol. The highest BCUT2D eigenvalue weighted by atomic mass is 32.2. The van der Waals surface area contributed by atoms with Crippen LogP contribution in [0.4, 0.5) is 5.69 Å². The number of benzene rings is 1. The number of para-hydroxylation sites is 2. The van der Waals surface area contributed by atoms with Gasteiger partial charge >= 0.3 is 0 Å². The Morgan fingerprint density at radius 1 is 1.32 bits per heavy atom. The quantitative estimate of drug-likeness (QED) is 0.783. The van der Waals surface area contributed by atoms with E-state index in [1.807, 2.05) is 41.3 Å². The van der Waals surface area contributed by atoms with Crippen molar-refractivity contribution < 1.29 is 9.53 Å². The van der Waals surface area contributed by atoms with E-state index in [0.717, 1.165) is 29.1 Å². The highest BCUT2D eigenvalue weighted by Gasteiger charge is 2.25. The Bertz CT molecular complexity index is 966. The molecular formula is C18H16N4O2S. The third-order valence-electron chi connectivity index (χ3n) is 4.03. The molecular weight excluding hydrogens is 336 g/mol. The van der Waals surface area contributed by atoms with Crippen LogP contribution in [0.2, 0.25) is 0 Å². The molecule has 1 saturated heterocycles. The van der Waals surface area contributed by atoms with Crippen LogP contribution in [0.3, 0.4) is 0 Å². The maximum Gasteiger partial charge on any atom is 0.281 e. The van der Waals surface area contributed by atoms with Gasteiger partial charge < -0.3 is 14.6 Å². The lowest BCUT2D eigenvalue weighted by molar-refractivity contribution is 0.100. The fourth-order valence-electron chi connectivity index (χ4n) is 2.85. The average molecular weight is 352 g/mol. The van der Waals surface area contributed by atoms with Crippen LogP contribution < -0.4 is 9.64 Å². The summed E-state index contributed by atoms with van der Waals surface area (Å²) in [4.78, 5) is 26.3. The summed E-state index contributed by atoms with van der Waals surface area (Å²) in [6.45, 7) is 0.784. The summed E-state index contributed by atoms with van der Waals surface area (Å²) < 4.78 is 5.44. The number of rotatable bonds is 3. The minimum absolute atomic E-state index is 0.274. The molecule has 1 aliphatic heterocycles. The van der Waals surface area contributed by atoms with Crippen molar-refractivity contribution in [1.82, 2.24) is 9.97 Å². The number of nitrogens with one attached hydrogen (secondary N) is 1. The number of fused-ring (bicyclic) bond motifs is 1. The molecule has 4 rings (SSSR count). The number of ether oxygens (including phenoxy) is 1. The molecule has 1 fully saturated rings. The molecule has 1 aromatic carbocycles. The molecule has 1 aliphatic rings. The number of aromatic amines is 1. The first kappa shape index (κ1) is 15.7. The van der Waals surface area contributed by atoms with Gasteiger partial charge in [0.1, 0.15) is 11.4 Å². The van der Waals surface area contributed by atoms with Crippen LogP contribution in [0.25, 0.3) is 11.0 Å². The summed E-state index contributed by atoms with van der Waals surface area (Å²) in [5.74, 6) is 1.37. The number of carbonyl (C=O) groups is 1. The molecule has 0 unspecified atom stereocenters. The number of carbonyl (C=O) groups excluding carboxylic acids is 1. The zero-order valence-corrected chi connectivity index (χ0v) is 14.4. The number of thioether (sulfide) groups is 1. The van der Waals surface area contributed by atoms with E-state index in [4.69, 9.17) is 4.74 Å². The number of anilines is 1. The summed E-state index contributed by atoms with van der Waals surface area (Å²) >= 11 is 1.57. The number of aliphatic imine (C=N–C) groups is 1. The Morgan fingerprint density at radius 2 is 2.20 bits per heavy atom. The first-order valence-corrected chi connectivity index (χ1v) is 8.85. The zero-order valence-electron chi connectivity index (χ0n) is 13.6. The number of amides is 1.